The number of rotatable bonds is 3. The van der Waals surface area contributed by atoms with Crippen LogP contribution in [0, 0.1) is 11.8 Å². The van der Waals surface area contributed by atoms with Gasteiger partial charge in [0.1, 0.15) is 0 Å². The van der Waals surface area contributed by atoms with Crippen molar-refractivity contribution in [1.82, 2.24) is 5.32 Å². The van der Waals surface area contributed by atoms with Crippen LogP contribution < -0.4 is 5.32 Å². The third-order valence-corrected chi connectivity index (χ3v) is 5.97. The van der Waals surface area contributed by atoms with Crippen LogP contribution in [0.4, 0.5) is 0 Å². The molecular weight excluding hydrogens is 238 g/mol. The van der Waals surface area contributed by atoms with Gasteiger partial charge in [0, 0.05) is 12.6 Å². The van der Waals surface area contributed by atoms with Crippen molar-refractivity contribution in [3.8, 4) is 0 Å². The van der Waals surface area contributed by atoms with Crippen LogP contribution in [0.3, 0.4) is 0 Å². The highest BCUT2D eigenvalue weighted by molar-refractivity contribution is 7.91. The van der Waals surface area contributed by atoms with Gasteiger partial charge < -0.3 is 10.1 Å². The number of nitrogens with one attached hydrogen (secondary N) is 1. The van der Waals surface area contributed by atoms with Gasteiger partial charge in [-0.05, 0) is 44.6 Å². The predicted molar refractivity (Wildman–Crippen MR) is 67.8 cm³/mol. The maximum atomic E-state index is 11.5. The van der Waals surface area contributed by atoms with E-state index in [2.05, 4.69) is 12.2 Å². The molecule has 0 amide bonds. The topological polar surface area (TPSA) is 55.4 Å². The molecule has 2 aliphatic heterocycles. The number of hydrogen-bond donors (Lipinski definition) is 1. The number of hydrogen-bond acceptors (Lipinski definition) is 4. The van der Waals surface area contributed by atoms with Gasteiger partial charge in [-0.2, -0.15) is 0 Å². The minimum Gasteiger partial charge on any atom is -0.383 e. The van der Waals surface area contributed by atoms with E-state index in [1.54, 1.807) is 7.11 Å². The molecule has 0 radical (unpaired) electrons. The van der Waals surface area contributed by atoms with Crippen LogP contribution in [0.15, 0.2) is 0 Å². The van der Waals surface area contributed by atoms with Gasteiger partial charge in [0.2, 0.25) is 0 Å². The minimum absolute atomic E-state index is 0.0179. The lowest BCUT2D eigenvalue weighted by molar-refractivity contribution is 0.0715. The summed E-state index contributed by atoms with van der Waals surface area (Å²) >= 11 is 0. The molecule has 5 heteroatoms. The van der Waals surface area contributed by atoms with E-state index in [0.717, 1.165) is 25.8 Å². The Bertz CT molecular complexity index is 364. The first-order chi connectivity index (χ1) is 7.94. The molecule has 2 heterocycles. The van der Waals surface area contributed by atoms with Crippen molar-refractivity contribution in [2.24, 2.45) is 11.8 Å². The molecule has 2 saturated heterocycles. The van der Waals surface area contributed by atoms with Crippen LogP contribution in [-0.2, 0) is 14.6 Å². The second-order valence-electron chi connectivity index (χ2n) is 5.84. The highest BCUT2D eigenvalue weighted by Crippen LogP contribution is 2.35. The molecule has 2 aliphatic rings. The van der Waals surface area contributed by atoms with E-state index in [1.165, 1.54) is 0 Å². The van der Waals surface area contributed by atoms with E-state index in [4.69, 9.17) is 4.74 Å². The molecule has 1 N–H and O–H groups in total. The normalized spacial score (nSPS) is 41.5. The molecule has 2 rings (SSSR count). The Hall–Kier alpha value is -0.130. The lowest BCUT2D eigenvalue weighted by Crippen LogP contribution is -2.53. The summed E-state index contributed by atoms with van der Waals surface area (Å²) in [6, 6.07) is 0. The second-order valence-corrected chi connectivity index (χ2v) is 8.07. The maximum absolute atomic E-state index is 11.5. The zero-order valence-corrected chi connectivity index (χ0v) is 11.6. The molecule has 4 nitrogen and oxygen atoms in total. The lowest BCUT2D eigenvalue weighted by Gasteiger charge is -2.40. The van der Waals surface area contributed by atoms with Crippen LogP contribution in [0.2, 0.25) is 0 Å². The van der Waals surface area contributed by atoms with Crippen molar-refractivity contribution in [2.45, 2.75) is 31.7 Å². The molecule has 100 valence electrons. The fourth-order valence-corrected chi connectivity index (χ4v) is 5.26. The lowest BCUT2D eigenvalue weighted by atomic mass is 9.76. The first-order valence-electron chi connectivity index (χ1n) is 6.38. The van der Waals surface area contributed by atoms with Crippen molar-refractivity contribution >= 4 is 9.84 Å². The quantitative estimate of drug-likeness (QED) is 0.817. The molecule has 0 saturated carbocycles. The highest BCUT2D eigenvalue weighted by atomic mass is 32.2. The molecule has 0 aromatic rings. The van der Waals surface area contributed by atoms with E-state index < -0.39 is 9.84 Å². The maximum Gasteiger partial charge on any atom is 0.150 e. The van der Waals surface area contributed by atoms with Gasteiger partial charge in [0.25, 0.3) is 0 Å². The average molecular weight is 261 g/mol. The van der Waals surface area contributed by atoms with Crippen LogP contribution in [-0.4, -0.2) is 45.7 Å². The Kier molecular flexibility index (Phi) is 3.80. The number of methoxy groups -OCH3 is 1. The average Bonchev–Trinajstić information content (AvgIpc) is 2.59. The van der Waals surface area contributed by atoms with Gasteiger partial charge in [0.05, 0.1) is 18.1 Å². The zero-order valence-electron chi connectivity index (χ0n) is 10.7. The van der Waals surface area contributed by atoms with Gasteiger partial charge in [-0.15, -0.1) is 0 Å². The molecule has 0 bridgehead atoms. The van der Waals surface area contributed by atoms with Gasteiger partial charge >= 0.3 is 0 Å². The fourth-order valence-electron chi connectivity index (χ4n) is 3.34. The SMILES string of the molecule is COCC1(C)CC(C2CCS(=O)(=O)C2)CCN1. The van der Waals surface area contributed by atoms with Crippen molar-refractivity contribution in [3.05, 3.63) is 0 Å². The van der Waals surface area contributed by atoms with Gasteiger partial charge in [-0.3, -0.25) is 0 Å². The standard InChI is InChI=1S/C12H23NO3S/c1-12(9-16-2)7-10(3-5-13-12)11-4-6-17(14,15)8-11/h10-11,13H,3-9H2,1-2H3. The summed E-state index contributed by atoms with van der Waals surface area (Å²) in [5.74, 6) is 1.70. The molecule has 0 aromatic heterocycles. The van der Waals surface area contributed by atoms with Crippen molar-refractivity contribution in [2.75, 3.05) is 31.8 Å². The Morgan fingerprint density at radius 1 is 1.35 bits per heavy atom. The Balaban J connectivity index is 1.98. The molecular formula is C12H23NO3S. The number of ether oxygens (including phenoxy) is 1. The van der Waals surface area contributed by atoms with E-state index in [0.29, 0.717) is 29.9 Å². The third-order valence-electron chi connectivity index (χ3n) is 4.18. The monoisotopic (exact) mass is 261 g/mol. The number of sulfone groups is 1. The van der Waals surface area contributed by atoms with Crippen LogP contribution in [0.25, 0.3) is 0 Å². The van der Waals surface area contributed by atoms with Crippen molar-refractivity contribution in [3.63, 3.8) is 0 Å². The van der Waals surface area contributed by atoms with E-state index in [9.17, 15) is 8.42 Å². The molecule has 0 spiro atoms. The molecule has 0 aliphatic carbocycles. The van der Waals surface area contributed by atoms with Gasteiger partial charge in [-0.25, -0.2) is 8.42 Å². The summed E-state index contributed by atoms with van der Waals surface area (Å²) in [7, 11) is -1.03. The van der Waals surface area contributed by atoms with Gasteiger partial charge in [0.15, 0.2) is 9.84 Å². The van der Waals surface area contributed by atoms with E-state index in [1.807, 2.05) is 0 Å². The smallest absolute Gasteiger partial charge is 0.150 e. The van der Waals surface area contributed by atoms with Crippen molar-refractivity contribution in [1.29, 1.82) is 0 Å². The van der Waals surface area contributed by atoms with Crippen LogP contribution >= 0.6 is 0 Å². The summed E-state index contributed by atoms with van der Waals surface area (Å²) in [5, 5.41) is 3.50. The van der Waals surface area contributed by atoms with Crippen molar-refractivity contribution < 1.29 is 13.2 Å². The van der Waals surface area contributed by atoms with Crippen LogP contribution in [0.5, 0.6) is 0 Å². The first kappa shape index (κ1) is 13.3. The Morgan fingerprint density at radius 3 is 2.71 bits per heavy atom. The molecule has 0 aromatic carbocycles. The molecule has 17 heavy (non-hydrogen) atoms. The van der Waals surface area contributed by atoms with Crippen LogP contribution in [0.1, 0.15) is 26.2 Å². The summed E-state index contributed by atoms with van der Waals surface area (Å²) in [4.78, 5) is 0. The Morgan fingerprint density at radius 2 is 2.12 bits per heavy atom. The number of piperidine rings is 1. The molecule has 3 atom stereocenters. The molecule has 3 unspecified atom stereocenters. The summed E-state index contributed by atoms with van der Waals surface area (Å²) in [5.41, 5.74) is 0.0179. The highest BCUT2D eigenvalue weighted by Gasteiger charge is 2.39. The van der Waals surface area contributed by atoms with E-state index in [-0.39, 0.29) is 5.54 Å². The largest absolute Gasteiger partial charge is 0.383 e. The summed E-state index contributed by atoms with van der Waals surface area (Å²) < 4.78 is 28.3. The first-order valence-corrected chi connectivity index (χ1v) is 8.21. The predicted octanol–water partition coefficient (Wildman–Crippen LogP) is 0.826. The third kappa shape index (κ3) is 3.20. The second kappa shape index (κ2) is 4.86. The molecule has 2 fully saturated rings. The summed E-state index contributed by atoms with van der Waals surface area (Å²) in [6.07, 6.45) is 2.98. The Labute approximate surface area is 104 Å². The minimum atomic E-state index is -2.75. The van der Waals surface area contributed by atoms with Gasteiger partial charge in [-0.1, -0.05) is 0 Å². The fraction of sp³-hybridized carbons (Fsp3) is 1.00. The summed E-state index contributed by atoms with van der Waals surface area (Å²) in [6.45, 7) is 3.84. The van der Waals surface area contributed by atoms with E-state index >= 15 is 0 Å². The zero-order chi connectivity index (χ0) is 12.5.